The molecule has 0 bridgehead atoms. The summed E-state index contributed by atoms with van der Waals surface area (Å²) in [7, 11) is -4.45. The molecule has 0 aromatic heterocycles. The fourth-order valence-corrected chi connectivity index (χ4v) is 2.78. The predicted molar refractivity (Wildman–Crippen MR) is 62.3 cm³/mol. The second kappa shape index (κ2) is 6.27. The summed E-state index contributed by atoms with van der Waals surface area (Å²) in [5.41, 5.74) is 0. The topological polar surface area (TPSA) is 157 Å². The number of carbonyl (C=O) groups is 1. The molecular weight excluding hydrogens is 281 g/mol. The molecule has 6 N–H and O–H groups in total. The van der Waals surface area contributed by atoms with E-state index in [0.717, 1.165) is 6.92 Å². The molecule has 10 heteroatoms. The summed E-state index contributed by atoms with van der Waals surface area (Å²) in [6.07, 6.45) is -6.07. The fraction of sp³-hybridized carbons (Fsp3) is 0.889. The Bertz CT molecular complexity index is 371. The van der Waals surface area contributed by atoms with E-state index in [1.807, 2.05) is 0 Å². The Morgan fingerprint density at radius 3 is 2.26 bits per heavy atom. The van der Waals surface area contributed by atoms with E-state index < -0.39 is 56.7 Å². The molecule has 19 heavy (non-hydrogen) atoms. The van der Waals surface area contributed by atoms with E-state index in [0.29, 0.717) is 0 Å². The van der Waals surface area contributed by atoms with Gasteiger partial charge in [-0.05, 0) is 0 Å². The minimum Gasteiger partial charge on any atom is -0.394 e. The van der Waals surface area contributed by atoms with Crippen molar-refractivity contribution in [3.05, 3.63) is 0 Å². The molecule has 1 aliphatic rings. The summed E-state index contributed by atoms with van der Waals surface area (Å²) in [5.74, 6) is -0.544. The normalized spacial score (nSPS) is 36.0. The Morgan fingerprint density at radius 1 is 1.26 bits per heavy atom. The maximum Gasteiger partial charge on any atom is 0.328 e. The number of aliphatic hydroxyl groups excluding tert-OH is 3. The molecule has 0 radical (unpaired) electrons. The third-order valence-corrected chi connectivity index (χ3v) is 3.65. The summed E-state index contributed by atoms with van der Waals surface area (Å²) in [6, 6.07) is -1.16. The number of carbonyl (C=O) groups excluding carboxylic acids is 1. The van der Waals surface area contributed by atoms with Crippen LogP contribution in [-0.2, 0) is 14.1 Å². The predicted octanol–water partition coefficient (Wildman–Crippen LogP) is -2.85. The molecule has 0 spiro atoms. The first-order chi connectivity index (χ1) is 8.65. The van der Waals surface area contributed by atoms with Crippen LogP contribution >= 0.6 is 7.60 Å². The van der Waals surface area contributed by atoms with E-state index >= 15 is 0 Å². The Hall–Kier alpha value is -0.540. The minimum absolute atomic E-state index is 0.544. The van der Waals surface area contributed by atoms with Crippen LogP contribution < -0.4 is 5.32 Å². The molecule has 5 atom stereocenters. The van der Waals surface area contributed by atoms with E-state index in [9.17, 15) is 19.6 Å². The Kier molecular flexibility index (Phi) is 5.45. The van der Waals surface area contributed by atoms with Gasteiger partial charge in [0.05, 0.1) is 24.9 Å². The van der Waals surface area contributed by atoms with Crippen LogP contribution in [0.25, 0.3) is 0 Å². The quantitative estimate of drug-likeness (QED) is 0.303. The maximum atomic E-state index is 11.0. The molecule has 0 aromatic carbocycles. The van der Waals surface area contributed by atoms with Gasteiger partial charge in [0.25, 0.3) is 0 Å². The standard InChI is InChI=1S/C9H18NO8P/c1-4(12)10-7-6(3-19(15,16)17)18-5(2-11)8(13)9(7)14/h5-9,11,13-14H,2-3H2,1H3,(H,10,12)(H2,15,16,17)/t5-,6-,7+,8-,9-/m1/s1. The third-order valence-electron chi connectivity index (χ3n) is 2.82. The molecule has 1 heterocycles. The SMILES string of the molecule is CC(=O)N[C@@H]1[C@@H](O)[C@H](O)[C@@H](CO)O[C@@H]1CP(=O)(O)O. The lowest BCUT2D eigenvalue weighted by molar-refractivity contribution is -0.190. The van der Waals surface area contributed by atoms with Gasteiger partial charge >= 0.3 is 7.60 Å². The van der Waals surface area contributed by atoms with E-state index in [1.54, 1.807) is 0 Å². The Morgan fingerprint density at radius 2 is 1.84 bits per heavy atom. The zero-order chi connectivity index (χ0) is 14.8. The molecule has 1 aliphatic heterocycles. The number of nitrogens with one attached hydrogen (secondary N) is 1. The van der Waals surface area contributed by atoms with Gasteiger partial charge in [-0.15, -0.1) is 0 Å². The third kappa shape index (κ3) is 4.50. The smallest absolute Gasteiger partial charge is 0.328 e. The minimum atomic E-state index is -4.45. The number of hydrogen-bond donors (Lipinski definition) is 6. The molecular formula is C9H18NO8P. The first-order valence-electron chi connectivity index (χ1n) is 5.60. The zero-order valence-corrected chi connectivity index (χ0v) is 11.1. The molecule has 112 valence electrons. The first kappa shape index (κ1) is 16.5. The van der Waals surface area contributed by atoms with Crippen molar-refractivity contribution in [2.24, 2.45) is 0 Å². The van der Waals surface area contributed by atoms with Gasteiger partial charge in [0.2, 0.25) is 5.91 Å². The van der Waals surface area contributed by atoms with Gasteiger partial charge in [0, 0.05) is 6.92 Å². The van der Waals surface area contributed by atoms with E-state index in [-0.39, 0.29) is 0 Å². The van der Waals surface area contributed by atoms with Gasteiger partial charge in [0.15, 0.2) is 0 Å². The Labute approximate surface area is 109 Å². The number of ether oxygens (including phenoxy) is 1. The van der Waals surface area contributed by atoms with Crippen LogP contribution in [0.5, 0.6) is 0 Å². The van der Waals surface area contributed by atoms with Crippen molar-refractivity contribution in [1.82, 2.24) is 5.32 Å². The van der Waals surface area contributed by atoms with E-state index in [1.165, 1.54) is 0 Å². The molecule has 0 aliphatic carbocycles. The highest BCUT2D eigenvalue weighted by molar-refractivity contribution is 7.51. The summed E-state index contributed by atoms with van der Waals surface area (Å²) >= 11 is 0. The average molecular weight is 299 g/mol. The monoisotopic (exact) mass is 299 g/mol. The highest BCUT2D eigenvalue weighted by atomic mass is 31.2. The molecule has 0 unspecified atom stereocenters. The van der Waals surface area contributed by atoms with Crippen LogP contribution in [0.4, 0.5) is 0 Å². The lowest BCUT2D eigenvalue weighted by atomic mass is 9.93. The largest absolute Gasteiger partial charge is 0.394 e. The van der Waals surface area contributed by atoms with Crippen molar-refractivity contribution in [2.45, 2.75) is 37.4 Å². The number of amides is 1. The summed E-state index contributed by atoms with van der Waals surface area (Å²) < 4.78 is 16.1. The summed E-state index contributed by atoms with van der Waals surface area (Å²) in [6.45, 7) is 0.536. The van der Waals surface area contributed by atoms with Crippen LogP contribution in [-0.4, -0.2) is 74.2 Å². The highest BCUT2D eigenvalue weighted by Crippen LogP contribution is 2.38. The fourth-order valence-electron chi connectivity index (χ4n) is 2.00. The second-order valence-electron chi connectivity index (χ2n) is 4.45. The van der Waals surface area contributed by atoms with Gasteiger partial charge in [-0.2, -0.15) is 0 Å². The van der Waals surface area contributed by atoms with Crippen LogP contribution in [0.1, 0.15) is 6.92 Å². The van der Waals surface area contributed by atoms with Gasteiger partial charge < -0.3 is 35.2 Å². The Balaban J connectivity index is 2.92. The van der Waals surface area contributed by atoms with E-state index in [2.05, 4.69) is 5.32 Å². The number of hydrogen-bond acceptors (Lipinski definition) is 6. The molecule has 1 rings (SSSR count). The van der Waals surface area contributed by atoms with Crippen LogP contribution in [0.15, 0.2) is 0 Å². The summed E-state index contributed by atoms with van der Waals surface area (Å²) in [5, 5.41) is 30.8. The van der Waals surface area contributed by atoms with Crippen molar-refractivity contribution >= 4 is 13.5 Å². The molecule has 9 nitrogen and oxygen atoms in total. The van der Waals surface area contributed by atoms with Crippen LogP contribution in [0.2, 0.25) is 0 Å². The van der Waals surface area contributed by atoms with Crippen molar-refractivity contribution in [1.29, 1.82) is 0 Å². The zero-order valence-electron chi connectivity index (χ0n) is 10.2. The first-order valence-corrected chi connectivity index (χ1v) is 7.39. The van der Waals surface area contributed by atoms with Crippen molar-refractivity contribution in [3.8, 4) is 0 Å². The molecule has 0 aromatic rings. The maximum absolute atomic E-state index is 11.0. The van der Waals surface area contributed by atoms with E-state index in [4.69, 9.17) is 19.6 Å². The van der Waals surface area contributed by atoms with Gasteiger partial charge in [0.1, 0.15) is 18.3 Å². The second-order valence-corrected chi connectivity index (χ2v) is 6.14. The van der Waals surface area contributed by atoms with Crippen molar-refractivity contribution in [3.63, 3.8) is 0 Å². The lowest BCUT2D eigenvalue weighted by Crippen LogP contribution is -2.64. The van der Waals surface area contributed by atoms with Crippen LogP contribution in [0.3, 0.4) is 0 Å². The number of rotatable bonds is 4. The van der Waals surface area contributed by atoms with Gasteiger partial charge in [-0.1, -0.05) is 0 Å². The molecule has 1 amide bonds. The van der Waals surface area contributed by atoms with Gasteiger partial charge in [-0.25, -0.2) is 0 Å². The molecule has 1 saturated heterocycles. The van der Waals surface area contributed by atoms with Crippen LogP contribution in [0, 0.1) is 0 Å². The van der Waals surface area contributed by atoms with Crippen molar-refractivity contribution in [2.75, 3.05) is 12.8 Å². The summed E-state index contributed by atoms with van der Waals surface area (Å²) in [4.78, 5) is 28.9. The molecule has 1 fully saturated rings. The molecule has 0 saturated carbocycles. The highest BCUT2D eigenvalue weighted by Gasteiger charge is 2.46. The lowest BCUT2D eigenvalue weighted by Gasteiger charge is -2.42. The van der Waals surface area contributed by atoms with Crippen molar-refractivity contribution < 1.29 is 39.2 Å². The van der Waals surface area contributed by atoms with Gasteiger partial charge in [-0.3, -0.25) is 9.36 Å². The average Bonchev–Trinajstić information content (AvgIpc) is 2.26. The number of aliphatic hydroxyl groups is 3.